The molecule has 0 amide bonds. The molecule has 0 atom stereocenters. The molecular formula is C19H19BrN4O2S. The van der Waals surface area contributed by atoms with Gasteiger partial charge in [0, 0.05) is 6.42 Å². The summed E-state index contributed by atoms with van der Waals surface area (Å²) in [6, 6.07) is 13.8. The molecule has 1 N–H and O–H groups in total. The van der Waals surface area contributed by atoms with Crippen LogP contribution in [0.5, 0.6) is 11.5 Å². The van der Waals surface area contributed by atoms with Crippen LogP contribution in [-0.4, -0.2) is 34.8 Å². The predicted octanol–water partition coefficient (Wildman–Crippen LogP) is 4.58. The molecule has 3 aromatic rings. The molecule has 2 aromatic carbocycles. The molecular weight excluding hydrogens is 428 g/mol. The fraction of sp³-hybridized carbons (Fsp3) is 0.211. The van der Waals surface area contributed by atoms with Gasteiger partial charge in [-0.25, -0.2) is 0 Å². The van der Waals surface area contributed by atoms with E-state index in [1.54, 1.807) is 18.0 Å². The monoisotopic (exact) mass is 446 g/mol. The van der Waals surface area contributed by atoms with Gasteiger partial charge in [-0.2, -0.15) is 14.9 Å². The molecule has 8 heteroatoms. The minimum atomic E-state index is 0.440. The highest BCUT2D eigenvalue weighted by molar-refractivity contribution is 9.10. The summed E-state index contributed by atoms with van der Waals surface area (Å²) in [6.07, 6.45) is 2.34. The summed E-state index contributed by atoms with van der Waals surface area (Å²) < 4.78 is 13.9. The van der Waals surface area contributed by atoms with Crippen molar-refractivity contribution in [3.05, 3.63) is 68.7 Å². The Labute approximate surface area is 171 Å². The van der Waals surface area contributed by atoms with Crippen LogP contribution in [0.2, 0.25) is 0 Å². The summed E-state index contributed by atoms with van der Waals surface area (Å²) in [5.41, 5.74) is 1.98. The first kappa shape index (κ1) is 19.3. The van der Waals surface area contributed by atoms with Gasteiger partial charge in [-0.3, -0.25) is 5.10 Å². The molecule has 0 radical (unpaired) electrons. The van der Waals surface area contributed by atoms with E-state index in [0.717, 1.165) is 21.4 Å². The third kappa shape index (κ3) is 4.64. The number of H-pyrrole nitrogens is 1. The molecule has 0 bridgehead atoms. The summed E-state index contributed by atoms with van der Waals surface area (Å²) in [4.78, 5) is 0. The maximum Gasteiger partial charge on any atom is 0.216 e. The van der Waals surface area contributed by atoms with Crippen molar-refractivity contribution in [2.45, 2.75) is 13.3 Å². The molecule has 0 unspecified atom stereocenters. The van der Waals surface area contributed by atoms with Gasteiger partial charge >= 0.3 is 0 Å². The number of rotatable bonds is 7. The van der Waals surface area contributed by atoms with Gasteiger partial charge < -0.3 is 9.47 Å². The van der Waals surface area contributed by atoms with Crippen LogP contribution in [0.3, 0.4) is 0 Å². The normalized spacial score (nSPS) is 11.1. The molecule has 0 aliphatic heterocycles. The van der Waals surface area contributed by atoms with E-state index >= 15 is 0 Å². The fourth-order valence-electron chi connectivity index (χ4n) is 2.58. The van der Waals surface area contributed by atoms with Gasteiger partial charge in [-0.15, -0.1) is 0 Å². The maximum absolute atomic E-state index is 5.65. The maximum atomic E-state index is 5.65. The largest absolute Gasteiger partial charge is 0.492 e. The third-order valence-electron chi connectivity index (χ3n) is 3.78. The summed E-state index contributed by atoms with van der Waals surface area (Å²) in [6.45, 7) is 2.46. The van der Waals surface area contributed by atoms with Gasteiger partial charge in [0.15, 0.2) is 17.3 Å². The smallest absolute Gasteiger partial charge is 0.216 e. The second kappa shape index (κ2) is 8.96. The Morgan fingerprint density at radius 1 is 1.30 bits per heavy atom. The lowest BCUT2D eigenvalue weighted by molar-refractivity contribution is 0.310. The zero-order valence-electron chi connectivity index (χ0n) is 15.0. The van der Waals surface area contributed by atoms with Crippen molar-refractivity contribution < 1.29 is 9.47 Å². The third-order valence-corrected chi connectivity index (χ3v) is 4.63. The van der Waals surface area contributed by atoms with Crippen LogP contribution in [-0.2, 0) is 6.42 Å². The molecule has 6 nitrogen and oxygen atoms in total. The Bertz CT molecular complexity index is 999. The van der Waals surface area contributed by atoms with Crippen molar-refractivity contribution in [2.75, 3.05) is 13.7 Å². The van der Waals surface area contributed by atoms with E-state index in [4.69, 9.17) is 21.7 Å². The van der Waals surface area contributed by atoms with Gasteiger partial charge in [-0.05, 0) is 58.3 Å². The Kier molecular flexibility index (Phi) is 6.41. The number of aromatic amines is 1. The minimum absolute atomic E-state index is 0.440. The minimum Gasteiger partial charge on any atom is -0.492 e. The lowest BCUT2D eigenvalue weighted by Gasteiger charge is -2.11. The molecule has 3 rings (SSSR count). The van der Waals surface area contributed by atoms with E-state index in [2.05, 4.69) is 31.2 Å². The van der Waals surface area contributed by atoms with E-state index in [1.165, 1.54) is 0 Å². The number of nitrogens with one attached hydrogen (secondary N) is 1. The van der Waals surface area contributed by atoms with Crippen LogP contribution in [0.1, 0.15) is 23.9 Å². The number of benzene rings is 2. The Morgan fingerprint density at radius 2 is 2.07 bits per heavy atom. The Morgan fingerprint density at radius 3 is 2.78 bits per heavy atom. The molecule has 1 aromatic heterocycles. The molecule has 27 heavy (non-hydrogen) atoms. The summed E-state index contributed by atoms with van der Waals surface area (Å²) in [5, 5.41) is 11.6. The van der Waals surface area contributed by atoms with Crippen LogP contribution >= 0.6 is 28.1 Å². The summed E-state index contributed by atoms with van der Waals surface area (Å²) >= 11 is 8.82. The van der Waals surface area contributed by atoms with Gasteiger partial charge in [0.25, 0.3) is 0 Å². The molecule has 0 aliphatic rings. The van der Waals surface area contributed by atoms with Gasteiger partial charge in [0.05, 0.1) is 24.4 Å². The second-order valence-corrected chi connectivity index (χ2v) is 6.87. The number of aromatic nitrogens is 3. The average molecular weight is 447 g/mol. The second-order valence-electron chi connectivity index (χ2n) is 5.63. The number of hydrogen-bond acceptors (Lipinski definition) is 5. The molecule has 1 heterocycles. The highest BCUT2D eigenvalue weighted by Crippen LogP contribution is 2.36. The topological polar surface area (TPSA) is 64.4 Å². The number of nitrogens with zero attached hydrogens (tertiary/aromatic N) is 3. The number of methoxy groups -OCH3 is 1. The average Bonchev–Trinajstić information content (AvgIpc) is 3.00. The summed E-state index contributed by atoms with van der Waals surface area (Å²) in [7, 11) is 1.61. The summed E-state index contributed by atoms with van der Waals surface area (Å²) in [5.74, 6) is 2.04. The number of hydrogen-bond donors (Lipinski definition) is 1. The van der Waals surface area contributed by atoms with Crippen molar-refractivity contribution in [2.24, 2.45) is 5.10 Å². The first-order chi connectivity index (χ1) is 13.1. The molecule has 0 saturated heterocycles. The Balaban J connectivity index is 1.90. The lowest BCUT2D eigenvalue weighted by Crippen LogP contribution is -2.01. The molecule has 140 valence electrons. The highest BCUT2D eigenvalue weighted by atomic mass is 79.9. The van der Waals surface area contributed by atoms with Gasteiger partial charge in [0.1, 0.15) is 0 Å². The highest BCUT2D eigenvalue weighted by Gasteiger charge is 2.11. The lowest BCUT2D eigenvalue weighted by atomic mass is 10.1. The molecule has 0 spiro atoms. The SMILES string of the molecule is CCOc1cc(/C=N\n2c(Cc3ccccc3)n[nH]c2=S)cc(Br)c1OC. The molecule has 0 aliphatic carbocycles. The zero-order chi connectivity index (χ0) is 19.2. The zero-order valence-corrected chi connectivity index (χ0v) is 17.4. The standard InChI is InChI=1S/C19H19BrN4O2S/c1-3-26-16-10-14(9-15(20)18(16)25-2)12-21-24-17(22-23-19(24)27)11-13-7-5-4-6-8-13/h4-10,12H,3,11H2,1-2H3,(H,23,27)/b21-12-. The molecule has 0 fully saturated rings. The Hall–Kier alpha value is -2.45. The molecule has 0 saturated carbocycles. The van der Waals surface area contributed by atoms with Crippen molar-refractivity contribution >= 4 is 34.4 Å². The van der Waals surface area contributed by atoms with E-state index in [9.17, 15) is 0 Å². The van der Waals surface area contributed by atoms with E-state index in [0.29, 0.717) is 29.3 Å². The quantitative estimate of drug-likeness (QED) is 0.425. The van der Waals surface area contributed by atoms with Crippen LogP contribution in [0, 0.1) is 4.77 Å². The van der Waals surface area contributed by atoms with Crippen LogP contribution < -0.4 is 9.47 Å². The van der Waals surface area contributed by atoms with Gasteiger partial charge in [0.2, 0.25) is 4.77 Å². The number of ether oxygens (including phenoxy) is 2. The van der Waals surface area contributed by atoms with Crippen LogP contribution in [0.4, 0.5) is 0 Å². The predicted molar refractivity (Wildman–Crippen MR) is 112 cm³/mol. The fourth-order valence-corrected chi connectivity index (χ4v) is 3.40. The first-order valence-corrected chi connectivity index (χ1v) is 9.57. The van der Waals surface area contributed by atoms with E-state index in [1.807, 2.05) is 49.4 Å². The first-order valence-electron chi connectivity index (χ1n) is 8.37. The number of halogens is 1. The van der Waals surface area contributed by atoms with E-state index < -0.39 is 0 Å². The van der Waals surface area contributed by atoms with Crippen LogP contribution in [0.15, 0.2) is 52.0 Å². The van der Waals surface area contributed by atoms with Crippen molar-refractivity contribution in [1.29, 1.82) is 0 Å². The van der Waals surface area contributed by atoms with Crippen molar-refractivity contribution in [3.63, 3.8) is 0 Å². The van der Waals surface area contributed by atoms with Gasteiger partial charge in [-0.1, -0.05) is 30.3 Å². The van der Waals surface area contributed by atoms with E-state index in [-0.39, 0.29) is 0 Å². The van der Waals surface area contributed by atoms with Crippen LogP contribution in [0.25, 0.3) is 0 Å². The van der Waals surface area contributed by atoms with Crippen molar-refractivity contribution in [1.82, 2.24) is 14.9 Å². The van der Waals surface area contributed by atoms with Crippen molar-refractivity contribution in [3.8, 4) is 11.5 Å².